The van der Waals surface area contributed by atoms with Crippen LogP contribution in [0.15, 0.2) is 52.4 Å². The number of nitrogens with one attached hydrogen (secondary N) is 1. The Morgan fingerprint density at radius 3 is 2.71 bits per heavy atom. The molecule has 1 heterocycles. The zero-order valence-corrected chi connectivity index (χ0v) is 13.1. The van der Waals surface area contributed by atoms with Gasteiger partial charge in [-0.1, -0.05) is 42.1 Å². The number of oxazole rings is 1. The fourth-order valence-corrected chi connectivity index (χ4v) is 3.08. The summed E-state index contributed by atoms with van der Waals surface area (Å²) in [7, 11) is 0. The number of hydrogen-bond donors (Lipinski definition) is 1. The topological polar surface area (TPSA) is 61.9 Å². The second kappa shape index (κ2) is 7.30. The fraction of sp³-hybridized carbons (Fsp3) is 0.375. The molecule has 2 rings (SSSR count). The molecule has 1 atom stereocenters. The highest BCUT2D eigenvalue weighted by atomic mass is 32.2. The van der Waals surface area contributed by atoms with Crippen LogP contribution >= 0.6 is 11.8 Å². The molecule has 1 aromatic carbocycles. The Kier molecular flexibility index (Phi) is 5.43. The highest BCUT2D eigenvalue weighted by Gasteiger charge is 2.32. The summed E-state index contributed by atoms with van der Waals surface area (Å²) in [5, 5.41) is 13.8. The molecule has 0 fully saturated rings. The molecular formula is C16H19N3OS. The molecule has 0 spiro atoms. The predicted molar refractivity (Wildman–Crippen MR) is 83.8 cm³/mol. The lowest BCUT2D eigenvalue weighted by Crippen LogP contribution is -2.45. The van der Waals surface area contributed by atoms with Crippen LogP contribution in [0.3, 0.4) is 0 Å². The third-order valence-corrected chi connectivity index (χ3v) is 3.96. The number of nitrogens with zero attached hydrogens (tertiary/aromatic N) is 2. The molecule has 0 aliphatic carbocycles. The lowest BCUT2D eigenvalue weighted by molar-refractivity contribution is 0.377. The van der Waals surface area contributed by atoms with E-state index in [1.807, 2.05) is 30.3 Å². The zero-order valence-electron chi connectivity index (χ0n) is 12.2. The Labute approximate surface area is 129 Å². The largest absolute Gasteiger partial charge is 0.440 e. The first-order valence-electron chi connectivity index (χ1n) is 6.93. The Hall–Kier alpha value is -1.77. The summed E-state index contributed by atoms with van der Waals surface area (Å²) in [5.74, 6) is 0.753. The van der Waals surface area contributed by atoms with E-state index in [1.165, 1.54) is 11.8 Å². The monoisotopic (exact) mass is 301 g/mol. The maximum atomic E-state index is 9.78. The van der Waals surface area contributed by atoms with Gasteiger partial charge >= 0.3 is 0 Å². The smallest absolute Gasteiger partial charge is 0.255 e. The van der Waals surface area contributed by atoms with Crippen LogP contribution in [-0.4, -0.2) is 16.8 Å². The third kappa shape index (κ3) is 4.10. The van der Waals surface area contributed by atoms with E-state index in [-0.39, 0.29) is 6.04 Å². The Bertz CT molecular complexity index is 577. The maximum Gasteiger partial charge on any atom is 0.255 e. The summed E-state index contributed by atoms with van der Waals surface area (Å²) in [6.07, 6.45) is 3.87. The molecule has 21 heavy (non-hydrogen) atoms. The maximum absolute atomic E-state index is 9.78. The molecule has 110 valence electrons. The summed E-state index contributed by atoms with van der Waals surface area (Å²) >= 11 is 1.52. The van der Waals surface area contributed by atoms with Crippen molar-refractivity contribution < 1.29 is 4.42 Å². The Morgan fingerprint density at radius 1 is 1.38 bits per heavy atom. The van der Waals surface area contributed by atoms with E-state index >= 15 is 0 Å². The van der Waals surface area contributed by atoms with Gasteiger partial charge in [0.2, 0.25) is 0 Å². The van der Waals surface area contributed by atoms with Gasteiger partial charge in [0.25, 0.3) is 5.22 Å². The second-order valence-corrected chi connectivity index (χ2v) is 6.12. The Balaban J connectivity index is 2.13. The summed E-state index contributed by atoms with van der Waals surface area (Å²) in [6, 6.07) is 12.6. The molecule has 0 radical (unpaired) electrons. The van der Waals surface area contributed by atoms with Crippen LogP contribution in [-0.2, 0) is 5.54 Å². The molecule has 2 aromatic rings. The van der Waals surface area contributed by atoms with Crippen molar-refractivity contribution in [2.75, 3.05) is 5.75 Å². The summed E-state index contributed by atoms with van der Waals surface area (Å²) in [4.78, 5) is 4.09. The first-order chi connectivity index (χ1) is 10.2. The van der Waals surface area contributed by atoms with Gasteiger partial charge in [-0.3, -0.25) is 5.32 Å². The van der Waals surface area contributed by atoms with Crippen molar-refractivity contribution in [1.29, 1.82) is 5.26 Å². The van der Waals surface area contributed by atoms with Crippen LogP contribution in [0.1, 0.15) is 25.8 Å². The van der Waals surface area contributed by atoms with Crippen LogP contribution in [0.4, 0.5) is 0 Å². The first-order valence-corrected chi connectivity index (χ1v) is 7.91. The molecular weight excluding hydrogens is 282 g/mol. The minimum absolute atomic E-state index is 0.219. The molecule has 0 aliphatic heterocycles. The molecule has 1 unspecified atom stereocenters. The van der Waals surface area contributed by atoms with Gasteiger partial charge in [0.15, 0.2) is 0 Å². The van der Waals surface area contributed by atoms with Gasteiger partial charge in [-0.25, -0.2) is 4.98 Å². The quantitative estimate of drug-likeness (QED) is 0.792. The van der Waals surface area contributed by atoms with Crippen LogP contribution in [0.5, 0.6) is 0 Å². The molecule has 1 aromatic heterocycles. The van der Waals surface area contributed by atoms with Gasteiger partial charge in [-0.05, 0) is 25.8 Å². The van der Waals surface area contributed by atoms with Crippen molar-refractivity contribution in [3.63, 3.8) is 0 Å². The lowest BCUT2D eigenvalue weighted by atomic mass is 9.88. The van der Waals surface area contributed by atoms with E-state index < -0.39 is 5.54 Å². The summed E-state index contributed by atoms with van der Waals surface area (Å²) < 4.78 is 5.22. The van der Waals surface area contributed by atoms with E-state index in [9.17, 15) is 5.26 Å². The van der Waals surface area contributed by atoms with Gasteiger partial charge in [0.05, 0.1) is 12.3 Å². The predicted octanol–water partition coefficient (Wildman–Crippen LogP) is 3.57. The van der Waals surface area contributed by atoms with E-state index in [0.717, 1.165) is 11.3 Å². The van der Waals surface area contributed by atoms with Gasteiger partial charge in [0.1, 0.15) is 11.8 Å². The standard InChI is InChI=1S/C16H19N3OS/c1-13(2)19-16(12-17,14-6-4-3-5-7-14)8-11-21-15-18-9-10-20-15/h3-7,9-10,13,19H,8,11H2,1-2H3. The van der Waals surface area contributed by atoms with Crippen molar-refractivity contribution in [3.8, 4) is 6.07 Å². The van der Waals surface area contributed by atoms with Gasteiger partial charge in [-0.15, -0.1) is 0 Å². The fourth-order valence-electron chi connectivity index (χ4n) is 2.24. The zero-order chi connectivity index (χ0) is 15.1. The van der Waals surface area contributed by atoms with Gasteiger partial charge in [0, 0.05) is 11.8 Å². The van der Waals surface area contributed by atoms with Crippen molar-refractivity contribution in [2.45, 2.75) is 37.1 Å². The van der Waals surface area contributed by atoms with Crippen molar-refractivity contribution in [3.05, 3.63) is 48.4 Å². The van der Waals surface area contributed by atoms with Crippen LogP contribution in [0.25, 0.3) is 0 Å². The molecule has 1 N–H and O–H groups in total. The molecule has 0 amide bonds. The van der Waals surface area contributed by atoms with Crippen LogP contribution < -0.4 is 5.32 Å². The van der Waals surface area contributed by atoms with Crippen LogP contribution in [0.2, 0.25) is 0 Å². The number of benzene rings is 1. The first kappa shape index (κ1) is 15.6. The van der Waals surface area contributed by atoms with E-state index in [2.05, 4.69) is 30.2 Å². The van der Waals surface area contributed by atoms with Crippen molar-refractivity contribution in [2.24, 2.45) is 0 Å². The SMILES string of the molecule is CC(C)NC(C#N)(CCSc1ncco1)c1ccccc1. The van der Waals surface area contributed by atoms with E-state index in [1.54, 1.807) is 12.5 Å². The van der Waals surface area contributed by atoms with Crippen molar-refractivity contribution in [1.82, 2.24) is 10.3 Å². The van der Waals surface area contributed by atoms with Gasteiger partial charge < -0.3 is 4.42 Å². The molecule has 5 heteroatoms. The number of aromatic nitrogens is 1. The Morgan fingerprint density at radius 2 is 2.14 bits per heavy atom. The normalized spacial score (nSPS) is 13.8. The average Bonchev–Trinajstić information content (AvgIpc) is 3.00. The second-order valence-electron chi connectivity index (χ2n) is 5.08. The number of hydrogen-bond acceptors (Lipinski definition) is 5. The summed E-state index contributed by atoms with van der Waals surface area (Å²) in [5.41, 5.74) is 0.309. The highest BCUT2D eigenvalue weighted by Crippen LogP contribution is 2.28. The average molecular weight is 301 g/mol. The highest BCUT2D eigenvalue weighted by molar-refractivity contribution is 7.99. The van der Waals surface area contributed by atoms with Crippen molar-refractivity contribution >= 4 is 11.8 Å². The summed E-state index contributed by atoms with van der Waals surface area (Å²) in [6.45, 7) is 4.10. The molecule has 0 aliphatic rings. The number of thioether (sulfide) groups is 1. The number of rotatable bonds is 7. The minimum atomic E-state index is -0.685. The minimum Gasteiger partial charge on any atom is -0.440 e. The third-order valence-electron chi connectivity index (χ3n) is 3.10. The van der Waals surface area contributed by atoms with E-state index in [0.29, 0.717) is 11.6 Å². The lowest BCUT2D eigenvalue weighted by Gasteiger charge is -2.30. The van der Waals surface area contributed by atoms with Crippen LogP contribution in [0, 0.1) is 11.3 Å². The van der Waals surface area contributed by atoms with E-state index in [4.69, 9.17) is 4.42 Å². The van der Waals surface area contributed by atoms with Gasteiger partial charge in [-0.2, -0.15) is 5.26 Å². The molecule has 0 bridgehead atoms. The molecule has 4 nitrogen and oxygen atoms in total. The number of nitriles is 1. The molecule has 0 saturated carbocycles. The molecule has 0 saturated heterocycles.